The predicted molar refractivity (Wildman–Crippen MR) is 224 cm³/mol. The molecule has 0 radical (unpaired) electrons. The Kier molecular flexibility index (Phi) is 7.19. The van der Waals surface area contributed by atoms with E-state index in [4.69, 9.17) is 0 Å². The molecule has 9 aromatic rings. The molecule has 0 atom stereocenters. The van der Waals surface area contributed by atoms with Gasteiger partial charge in [-0.1, -0.05) is 153 Å². The monoisotopic (exact) mass is 678 g/mol. The van der Waals surface area contributed by atoms with Crippen molar-refractivity contribution in [3.63, 3.8) is 0 Å². The summed E-state index contributed by atoms with van der Waals surface area (Å²) in [5.41, 5.74) is 17.2. The molecular weight excluding hydrogens is 641 g/mol. The van der Waals surface area contributed by atoms with Gasteiger partial charge in [0.05, 0.1) is 11.0 Å². The van der Waals surface area contributed by atoms with E-state index in [2.05, 4.69) is 217 Å². The van der Waals surface area contributed by atoms with Gasteiger partial charge in [0, 0.05) is 38.9 Å². The Morgan fingerprint density at radius 1 is 0.396 bits per heavy atom. The maximum absolute atomic E-state index is 2.49. The number of hydrogen-bond donors (Lipinski definition) is 0. The zero-order valence-corrected chi connectivity index (χ0v) is 29.9. The first-order chi connectivity index (χ1) is 26.1. The maximum Gasteiger partial charge on any atom is 0.0588 e. The van der Waals surface area contributed by atoms with Gasteiger partial charge >= 0.3 is 0 Å². The topological polar surface area (TPSA) is 8.17 Å². The first-order valence-electron chi connectivity index (χ1n) is 18.4. The van der Waals surface area contributed by atoms with E-state index in [1.54, 1.807) is 0 Å². The van der Waals surface area contributed by atoms with E-state index >= 15 is 0 Å². The van der Waals surface area contributed by atoms with Gasteiger partial charge in [-0.25, -0.2) is 0 Å². The van der Waals surface area contributed by atoms with E-state index in [0.29, 0.717) is 0 Å². The first kappa shape index (κ1) is 31.1. The maximum atomic E-state index is 2.49. The lowest BCUT2D eigenvalue weighted by Gasteiger charge is -2.26. The van der Waals surface area contributed by atoms with Crippen LogP contribution in [-0.2, 0) is 5.41 Å². The summed E-state index contributed by atoms with van der Waals surface area (Å²) < 4.78 is 2.49. The molecule has 8 aromatic carbocycles. The highest BCUT2D eigenvalue weighted by Crippen LogP contribution is 2.53. The zero-order valence-electron chi connectivity index (χ0n) is 29.9. The summed E-state index contributed by atoms with van der Waals surface area (Å²) >= 11 is 0. The van der Waals surface area contributed by atoms with Gasteiger partial charge < -0.3 is 9.47 Å². The molecule has 10 rings (SSSR count). The standard InChI is InChI=1S/C51H38N2/c1-51(2)47-19-11-9-17-43(47)45-33-34-46-44-18-10-12-20-48(44)53(50(46)49(45)51)42-31-29-41(30-32-42)52(39-25-21-37(22-26-39)35-13-5-3-6-14-35)40-27-23-38(24-28-40)36-15-7-4-8-16-36/h3-34H,1-2H3. The van der Waals surface area contributed by atoms with Crippen LogP contribution in [0.4, 0.5) is 17.1 Å². The van der Waals surface area contributed by atoms with Crippen LogP contribution in [0.3, 0.4) is 0 Å². The number of para-hydroxylation sites is 1. The summed E-state index contributed by atoms with van der Waals surface area (Å²) in [5.74, 6) is 0. The normalized spacial score (nSPS) is 12.9. The molecule has 1 aliphatic carbocycles. The van der Waals surface area contributed by atoms with Crippen LogP contribution in [0.25, 0.3) is 60.9 Å². The fraction of sp³-hybridized carbons (Fsp3) is 0.0588. The van der Waals surface area contributed by atoms with Gasteiger partial charge in [-0.3, -0.25) is 0 Å². The second-order valence-electron chi connectivity index (χ2n) is 14.6. The fourth-order valence-electron chi connectivity index (χ4n) is 8.65. The van der Waals surface area contributed by atoms with Gasteiger partial charge in [-0.2, -0.15) is 0 Å². The number of anilines is 3. The molecule has 0 saturated carbocycles. The Morgan fingerprint density at radius 2 is 0.887 bits per heavy atom. The molecule has 53 heavy (non-hydrogen) atoms. The Balaban J connectivity index is 1.12. The lowest BCUT2D eigenvalue weighted by Crippen LogP contribution is -2.16. The number of rotatable bonds is 6. The van der Waals surface area contributed by atoms with Crippen LogP contribution < -0.4 is 4.90 Å². The number of benzene rings is 8. The zero-order chi connectivity index (χ0) is 35.5. The highest BCUT2D eigenvalue weighted by Gasteiger charge is 2.38. The molecule has 0 N–H and O–H groups in total. The summed E-state index contributed by atoms with van der Waals surface area (Å²) in [7, 11) is 0. The Bertz CT molecular complexity index is 2670. The molecule has 0 unspecified atom stereocenters. The minimum Gasteiger partial charge on any atom is -0.311 e. The molecule has 1 aliphatic rings. The van der Waals surface area contributed by atoms with Crippen LogP contribution >= 0.6 is 0 Å². The van der Waals surface area contributed by atoms with Crippen molar-refractivity contribution in [3.8, 4) is 39.1 Å². The Morgan fingerprint density at radius 3 is 1.49 bits per heavy atom. The number of aromatic nitrogens is 1. The molecule has 0 saturated heterocycles. The van der Waals surface area contributed by atoms with E-state index in [1.807, 2.05) is 0 Å². The van der Waals surface area contributed by atoms with Crippen molar-refractivity contribution in [2.75, 3.05) is 4.90 Å². The van der Waals surface area contributed by atoms with Gasteiger partial charge in [0.2, 0.25) is 0 Å². The van der Waals surface area contributed by atoms with Crippen molar-refractivity contribution < 1.29 is 0 Å². The number of nitrogens with zero attached hydrogens (tertiary/aromatic N) is 2. The van der Waals surface area contributed by atoms with Crippen molar-refractivity contribution in [3.05, 3.63) is 205 Å². The van der Waals surface area contributed by atoms with Crippen LogP contribution in [0.5, 0.6) is 0 Å². The third-order valence-corrected chi connectivity index (χ3v) is 11.2. The Hall–Kier alpha value is -6.64. The van der Waals surface area contributed by atoms with E-state index in [-0.39, 0.29) is 5.41 Å². The minimum atomic E-state index is -0.133. The van der Waals surface area contributed by atoms with Crippen molar-refractivity contribution in [1.29, 1.82) is 0 Å². The summed E-state index contributed by atoms with van der Waals surface area (Å²) in [6.45, 7) is 4.76. The van der Waals surface area contributed by atoms with Gasteiger partial charge in [-0.15, -0.1) is 0 Å². The highest BCUT2D eigenvalue weighted by atomic mass is 15.1. The summed E-state index contributed by atoms with van der Waals surface area (Å²) in [6, 6.07) is 70.6. The molecule has 0 aliphatic heterocycles. The van der Waals surface area contributed by atoms with Crippen LogP contribution in [-0.4, -0.2) is 4.57 Å². The molecule has 0 spiro atoms. The van der Waals surface area contributed by atoms with Crippen molar-refractivity contribution in [2.45, 2.75) is 19.3 Å². The lowest BCUT2D eigenvalue weighted by atomic mass is 9.81. The second-order valence-corrected chi connectivity index (χ2v) is 14.6. The molecule has 0 bridgehead atoms. The summed E-state index contributed by atoms with van der Waals surface area (Å²) in [5, 5.41) is 2.57. The quantitative estimate of drug-likeness (QED) is 0.170. The minimum absolute atomic E-state index is 0.133. The van der Waals surface area contributed by atoms with Crippen LogP contribution in [0.1, 0.15) is 25.0 Å². The predicted octanol–water partition coefficient (Wildman–Crippen LogP) is 13.9. The van der Waals surface area contributed by atoms with E-state index < -0.39 is 0 Å². The fourth-order valence-corrected chi connectivity index (χ4v) is 8.65. The third-order valence-electron chi connectivity index (χ3n) is 11.2. The lowest BCUT2D eigenvalue weighted by molar-refractivity contribution is 0.664. The molecule has 1 aromatic heterocycles. The SMILES string of the molecule is CC1(C)c2ccccc2-c2ccc3c4ccccc4n(-c4ccc(N(c5ccc(-c6ccccc6)cc5)c5ccc(-c6ccccc6)cc5)cc4)c3c21. The highest BCUT2D eigenvalue weighted by molar-refractivity contribution is 6.13. The van der Waals surface area contributed by atoms with Gasteiger partial charge in [0.25, 0.3) is 0 Å². The number of fused-ring (bicyclic) bond motifs is 7. The van der Waals surface area contributed by atoms with Gasteiger partial charge in [0.1, 0.15) is 0 Å². The van der Waals surface area contributed by atoms with Crippen LogP contribution in [0.15, 0.2) is 194 Å². The molecule has 1 heterocycles. The molecule has 0 fully saturated rings. The average Bonchev–Trinajstić information content (AvgIpc) is 3.68. The van der Waals surface area contributed by atoms with Gasteiger partial charge in [0.15, 0.2) is 0 Å². The molecular formula is C51H38N2. The summed E-state index contributed by atoms with van der Waals surface area (Å²) in [6.07, 6.45) is 0. The number of hydrogen-bond acceptors (Lipinski definition) is 1. The third kappa shape index (κ3) is 5.02. The molecule has 252 valence electrons. The van der Waals surface area contributed by atoms with E-state index in [0.717, 1.165) is 22.7 Å². The van der Waals surface area contributed by atoms with Crippen LogP contribution in [0, 0.1) is 0 Å². The first-order valence-corrected chi connectivity index (χ1v) is 18.4. The van der Waals surface area contributed by atoms with Crippen molar-refractivity contribution >= 4 is 38.9 Å². The largest absolute Gasteiger partial charge is 0.311 e. The second kappa shape index (κ2) is 12.3. The van der Waals surface area contributed by atoms with E-state index in [9.17, 15) is 0 Å². The van der Waals surface area contributed by atoms with Crippen molar-refractivity contribution in [1.82, 2.24) is 4.57 Å². The Labute approximate surface area is 310 Å². The molecule has 2 nitrogen and oxygen atoms in total. The smallest absolute Gasteiger partial charge is 0.0588 e. The van der Waals surface area contributed by atoms with E-state index in [1.165, 1.54) is 66.3 Å². The molecule has 0 amide bonds. The average molecular weight is 679 g/mol. The van der Waals surface area contributed by atoms with Gasteiger partial charge in [-0.05, 0) is 99.1 Å². The van der Waals surface area contributed by atoms with Crippen LogP contribution in [0.2, 0.25) is 0 Å². The van der Waals surface area contributed by atoms with Crippen molar-refractivity contribution in [2.24, 2.45) is 0 Å². The summed E-state index contributed by atoms with van der Waals surface area (Å²) in [4.78, 5) is 2.36. The molecule has 2 heteroatoms.